The lowest BCUT2D eigenvalue weighted by Crippen LogP contribution is -2.28. The highest BCUT2D eigenvalue weighted by molar-refractivity contribution is 6.30. The van der Waals surface area contributed by atoms with E-state index >= 15 is 0 Å². The largest absolute Gasteiger partial charge is 0.484 e. The van der Waals surface area contributed by atoms with Crippen LogP contribution in [0.5, 0.6) is 5.75 Å². The number of aryl methyl sites for hydroxylation is 1. The van der Waals surface area contributed by atoms with Gasteiger partial charge in [-0.1, -0.05) is 35.9 Å². The number of halogens is 1. The molecule has 0 fully saturated rings. The standard InChI is InChI=1S/C16H16ClNO2/c1-12-4-2-3-5-13(12)10-18-16(19)11-20-15-8-6-14(17)7-9-15/h2-9H,10-11H2,1H3,(H,18,19). The van der Waals surface area contributed by atoms with Crippen molar-refractivity contribution in [1.82, 2.24) is 5.32 Å². The van der Waals surface area contributed by atoms with Gasteiger partial charge in [-0.05, 0) is 42.3 Å². The average molecular weight is 290 g/mol. The predicted octanol–water partition coefficient (Wildman–Crippen LogP) is 3.34. The van der Waals surface area contributed by atoms with Gasteiger partial charge in [0.25, 0.3) is 5.91 Å². The zero-order valence-electron chi connectivity index (χ0n) is 11.2. The van der Waals surface area contributed by atoms with Crippen molar-refractivity contribution in [1.29, 1.82) is 0 Å². The molecular weight excluding hydrogens is 274 g/mol. The van der Waals surface area contributed by atoms with Crippen molar-refractivity contribution >= 4 is 17.5 Å². The van der Waals surface area contributed by atoms with Crippen LogP contribution < -0.4 is 10.1 Å². The van der Waals surface area contributed by atoms with Gasteiger partial charge in [0.1, 0.15) is 5.75 Å². The molecule has 0 unspecified atom stereocenters. The fraction of sp³-hybridized carbons (Fsp3) is 0.188. The number of benzene rings is 2. The molecule has 1 amide bonds. The summed E-state index contributed by atoms with van der Waals surface area (Å²) in [6, 6.07) is 14.9. The Balaban J connectivity index is 1.78. The second-order valence-electron chi connectivity index (χ2n) is 4.45. The Morgan fingerprint density at radius 3 is 2.55 bits per heavy atom. The first-order valence-corrected chi connectivity index (χ1v) is 6.72. The summed E-state index contributed by atoms with van der Waals surface area (Å²) in [7, 11) is 0. The maximum Gasteiger partial charge on any atom is 0.258 e. The molecule has 0 heterocycles. The van der Waals surface area contributed by atoms with E-state index in [0.717, 1.165) is 11.1 Å². The fourth-order valence-corrected chi connectivity index (χ4v) is 1.86. The molecule has 0 radical (unpaired) electrons. The lowest BCUT2D eigenvalue weighted by atomic mass is 10.1. The molecule has 2 rings (SSSR count). The first-order valence-electron chi connectivity index (χ1n) is 6.35. The van der Waals surface area contributed by atoms with Gasteiger partial charge in [-0.25, -0.2) is 0 Å². The number of amides is 1. The summed E-state index contributed by atoms with van der Waals surface area (Å²) in [5.74, 6) is 0.476. The highest BCUT2D eigenvalue weighted by atomic mass is 35.5. The second kappa shape index (κ2) is 6.96. The van der Waals surface area contributed by atoms with Crippen LogP contribution in [0, 0.1) is 6.92 Å². The van der Waals surface area contributed by atoms with Crippen LogP contribution in [0.15, 0.2) is 48.5 Å². The van der Waals surface area contributed by atoms with Crippen LogP contribution >= 0.6 is 11.6 Å². The summed E-state index contributed by atoms with van der Waals surface area (Å²) in [6.45, 7) is 2.52. The predicted molar refractivity (Wildman–Crippen MR) is 80.0 cm³/mol. The molecule has 0 aliphatic carbocycles. The summed E-state index contributed by atoms with van der Waals surface area (Å²) in [5.41, 5.74) is 2.26. The lowest BCUT2D eigenvalue weighted by molar-refractivity contribution is -0.123. The molecule has 0 atom stereocenters. The van der Waals surface area contributed by atoms with Crippen LogP contribution in [-0.2, 0) is 11.3 Å². The first-order chi connectivity index (χ1) is 9.65. The quantitative estimate of drug-likeness (QED) is 0.917. The van der Waals surface area contributed by atoms with Gasteiger partial charge < -0.3 is 10.1 Å². The Bertz CT molecular complexity index is 581. The van der Waals surface area contributed by atoms with Gasteiger partial charge in [0, 0.05) is 11.6 Å². The molecule has 0 saturated carbocycles. The number of hydrogen-bond acceptors (Lipinski definition) is 2. The summed E-state index contributed by atoms with van der Waals surface area (Å²) >= 11 is 5.77. The monoisotopic (exact) mass is 289 g/mol. The molecule has 0 aliphatic heterocycles. The van der Waals surface area contributed by atoms with Gasteiger partial charge in [-0.3, -0.25) is 4.79 Å². The van der Waals surface area contributed by atoms with Crippen molar-refractivity contribution in [3.8, 4) is 5.75 Å². The van der Waals surface area contributed by atoms with Crippen molar-refractivity contribution in [3.05, 3.63) is 64.7 Å². The zero-order chi connectivity index (χ0) is 14.4. The third-order valence-corrected chi connectivity index (χ3v) is 3.17. The van der Waals surface area contributed by atoms with E-state index in [2.05, 4.69) is 5.32 Å². The number of carbonyl (C=O) groups excluding carboxylic acids is 1. The van der Waals surface area contributed by atoms with Crippen LogP contribution in [0.1, 0.15) is 11.1 Å². The Labute approximate surface area is 123 Å². The van der Waals surface area contributed by atoms with E-state index in [-0.39, 0.29) is 12.5 Å². The third kappa shape index (κ3) is 4.28. The SMILES string of the molecule is Cc1ccccc1CNC(=O)COc1ccc(Cl)cc1. The number of nitrogens with one attached hydrogen (secondary N) is 1. The summed E-state index contributed by atoms with van der Waals surface area (Å²) in [5, 5.41) is 3.47. The normalized spacial score (nSPS) is 10.1. The van der Waals surface area contributed by atoms with E-state index in [9.17, 15) is 4.79 Å². The molecule has 104 valence electrons. The summed E-state index contributed by atoms with van der Waals surface area (Å²) < 4.78 is 5.37. The van der Waals surface area contributed by atoms with Crippen LogP contribution in [0.2, 0.25) is 5.02 Å². The minimum atomic E-state index is -0.150. The molecule has 0 spiro atoms. The van der Waals surface area contributed by atoms with E-state index in [1.54, 1.807) is 24.3 Å². The molecular formula is C16H16ClNO2. The fourth-order valence-electron chi connectivity index (χ4n) is 1.73. The first kappa shape index (κ1) is 14.4. The van der Waals surface area contributed by atoms with Crippen molar-refractivity contribution < 1.29 is 9.53 Å². The Morgan fingerprint density at radius 1 is 1.15 bits per heavy atom. The Morgan fingerprint density at radius 2 is 1.85 bits per heavy atom. The van der Waals surface area contributed by atoms with Crippen LogP contribution in [0.25, 0.3) is 0 Å². The lowest BCUT2D eigenvalue weighted by Gasteiger charge is -2.09. The zero-order valence-corrected chi connectivity index (χ0v) is 12.0. The molecule has 0 saturated heterocycles. The molecule has 2 aromatic carbocycles. The number of ether oxygens (including phenoxy) is 1. The minimum Gasteiger partial charge on any atom is -0.484 e. The van der Waals surface area contributed by atoms with E-state index in [0.29, 0.717) is 17.3 Å². The van der Waals surface area contributed by atoms with E-state index < -0.39 is 0 Å². The Hall–Kier alpha value is -2.00. The smallest absolute Gasteiger partial charge is 0.258 e. The molecule has 0 aromatic heterocycles. The van der Waals surface area contributed by atoms with Gasteiger partial charge >= 0.3 is 0 Å². The van der Waals surface area contributed by atoms with Crippen LogP contribution in [-0.4, -0.2) is 12.5 Å². The van der Waals surface area contributed by atoms with E-state index in [4.69, 9.17) is 16.3 Å². The van der Waals surface area contributed by atoms with Gasteiger partial charge in [-0.15, -0.1) is 0 Å². The van der Waals surface area contributed by atoms with E-state index in [1.165, 1.54) is 0 Å². The molecule has 2 aromatic rings. The molecule has 20 heavy (non-hydrogen) atoms. The van der Waals surface area contributed by atoms with Crippen molar-refractivity contribution in [2.45, 2.75) is 13.5 Å². The Kier molecular flexibility index (Phi) is 5.02. The number of rotatable bonds is 5. The minimum absolute atomic E-state index is 0.00643. The van der Waals surface area contributed by atoms with Gasteiger partial charge in [-0.2, -0.15) is 0 Å². The van der Waals surface area contributed by atoms with Crippen molar-refractivity contribution in [3.63, 3.8) is 0 Å². The molecule has 0 bridgehead atoms. The number of carbonyl (C=O) groups is 1. The number of hydrogen-bond donors (Lipinski definition) is 1. The highest BCUT2D eigenvalue weighted by Gasteiger charge is 2.04. The van der Waals surface area contributed by atoms with Crippen LogP contribution in [0.4, 0.5) is 0 Å². The topological polar surface area (TPSA) is 38.3 Å². The molecule has 0 aliphatic rings. The van der Waals surface area contributed by atoms with Gasteiger partial charge in [0.2, 0.25) is 0 Å². The molecule has 3 nitrogen and oxygen atoms in total. The maximum absolute atomic E-state index is 11.7. The van der Waals surface area contributed by atoms with Gasteiger partial charge in [0.05, 0.1) is 0 Å². The maximum atomic E-state index is 11.7. The third-order valence-electron chi connectivity index (χ3n) is 2.92. The van der Waals surface area contributed by atoms with Crippen LogP contribution in [0.3, 0.4) is 0 Å². The molecule has 1 N–H and O–H groups in total. The summed E-state index contributed by atoms with van der Waals surface area (Å²) in [6.07, 6.45) is 0. The van der Waals surface area contributed by atoms with Crippen molar-refractivity contribution in [2.24, 2.45) is 0 Å². The molecule has 4 heteroatoms. The van der Waals surface area contributed by atoms with E-state index in [1.807, 2.05) is 31.2 Å². The second-order valence-corrected chi connectivity index (χ2v) is 4.88. The highest BCUT2D eigenvalue weighted by Crippen LogP contribution is 2.15. The van der Waals surface area contributed by atoms with Gasteiger partial charge in [0.15, 0.2) is 6.61 Å². The summed E-state index contributed by atoms with van der Waals surface area (Å²) in [4.78, 5) is 11.7. The average Bonchev–Trinajstić information content (AvgIpc) is 2.46. The van der Waals surface area contributed by atoms with Crippen molar-refractivity contribution in [2.75, 3.05) is 6.61 Å².